The molecule has 1 aromatic heterocycles. The Kier molecular flexibility index (Phi) is 6.41. The standard InChI is InChI=1S/C19H30N6O2S/c26-16-8-5-14-25(16)19-22-21-18(28-19)24-13-4-7-15(24)17(27)20-9-6-12-23-10-2-1-3-11-23/h15H,1-14H2,(H,20,27). The van der Waals surface area contributed by atoms with Crippen molar-refractivity contribution >= 4 is 33.4 Å². The van der Waals surface area contributed by atoms with Crippen LogP contribution < -0.4 is 15.1 Å². The van der Waals surface area contributed by atoms with Crippen molar-refractivity contribution in [3.8, 4) is 0 Å². The topological polar surface area (TPSA) is 81.7 Å². The van der Waals surface area contributed by atoms with Crippen LogP contribution in [0.2, 0.25) is 0 Å². The molecular formula is C19H30N6O2S. The molecule has 3 aliphatic rings. The van der Waals surface area contributed by atoms with Gasteiger partial charge in [0.1, 0.15) is 6.04 Å². The Morgan fingerprint density at radius 3 is 2.64 bits per heavy atom. The van der Waals surface area contributed by atoms with E-state index >= 15 is 0 Å². The normalized spacial score (nSPS) is 23.6. The van der Waals surface area contributed by atoms with Gasteiger partial charge in [0.15, 0.2) is 0 Å². The first-order valence-corrected chi connectivity index (χ1v) is 11.4. The highest BCUT2D eigenvalue weighted by atomic mass is 32.1. The van der Waals surface area contributed by atoms with E-state index in [-0.39, 0.29) is 17.9 Å². The fraction of sp³-hybridized carbons (Fsp3) is 0.789. The molecule has 2 amide bonds. The Balaban J connectivity index is 1.27. The largest absolute Gasteiger partial charge is 0.354 e. The number of likely N-dealkylation sites (tertiary alicyclic amines) is 1. The number of hydrogen-bond acceptors (Lipinski definition) is 7. The molecule has 0 aliphatic carbocycles. The van der Waals surface area contributed by atoms with Crippen LogP contribution in [0.25, 0.3) is 0 Å². The van der Waals surface area contributed by atoms with E-state index in [0.717, 1.165) is 50.4 Å². The van der Waals surface area contributed by atoms with E-state index in [9.17, 15) is 9.59 Å². The van der Waals surface area contributed by atoms with Gasteiger partial charge in [-0.1, -0.05) is 17.8 Å². The fourth-order valence-electron chi connectivity index (χ4n) is 4.37. The minimum Gasteiger partial charge on any atom is -0.354 e. The minimum absolute atomic E-state index is 0.0881. The second kappa shape index (κ2) is 9.17. The zero-order chi connectivity index (χ0) is 19.3. The van der Waals surface area contributed by atoms with Crippen molar-refractivity contribution in [2.75, 3.05) is 49.1 Å². The van der Waals surface area contributed by atoms with E-state index in [1.807, 2.05) is 0 Å². The van der Waals surface area contributed by atoms with Crippen LogP contribution in [0.15, 0.2) is 0 Å². The molecule has 0 spiro atoms. The quantitative estimate of drug-likeness (QED) is 0.693. The van der Waals surface area contributed by atoms with Crippen molar-refractivity contribution in [2.45, 2.75) is 57.4 Å². The highest BCUT2D eigenvalue weighted by Crippen LogP contribution is 2.33. The van der Waals surface area contributed by atoms with Crippen molar-refractivity contribution in [2.24, 2.45) is 0 Å². The average molecular weight is 407 g/mol. The first-order valence-electron chi connectivity index (χ1n) is 10.6. The van der Waals surface area contributed by atoms with Crippen molar-refractivity contribution in [1.29, 1.82) is 0 Å². The lowest BCUT2D eigenvalue weighted by Gasteiger charge is -2.26. The van der Waals surface area contributed by atoms with Crippen LogP contribution in [0.5, 0.6) is 0 Å². The zero-order valence-corrected chi connectivity index (χ0v) is 17.3. The molecule has 0 aromatic carbocycles. The Morgan fingerprint density at radius 2 is 1.86 bits per heavy atom. The second-order valence-electron chi connectivity index (χ2n) is 7.91. The lowest BCUT2D eigenvalue weighted by Crippen LogP contribution is -2.44. The van der Waals surface area contributed by atoms with E-state index in [1.165, 1.54) is 43.7 Å². The number of nitrogens with zero attached hydrogens (tertiary/aromatic N) is 5. The Labute approximate surface area is 170 Å². The summed E-state index contributed by atoms with van der Waals surface area (Å²) in [4.78, 5) is 30.9. The highest BCUT2D eigenvalue weighted by Gasteiger charge is 2.34. The number of piperidine rings is 1. The molecule has 8 nitrogen and oxygen atoms in total. The summed E-state index contributed by atoms with van der Waals surface area (Å²) in [6.45, 7) is 5.72. The van der Waals surface area contributed by atoms with Gasteiger partial charge in [-0.05, 0) is 58.2 Å². The molecule has 3 fully saturated rings. The molecule has 9 heteroatoms. The van der Waals surface area contributed by atoms with Crippen molar-refractivity contribution < 1.29 is 9.59 Å². The third-order valence-corrected chi connectivity index (χ3v) is 6.89. The maximum absolute atomic E-state index is 12.7. The van der Waals surface area contributed by atoms with E-state index < -0.39 is 0 Å². The van der Waals surface area contributed by atoms with E-state index in [4.69, 9.17) is 0 Å². The fourth-order valence-corrected chi connectivity index (χ4v) is 5.33. The molecule has 4 heterocycles. The first-order chi connectivity index (χ1) is 13.7. The molecule has 1 atom stereocenters. The summed E-state index contributed by atoms with van der Waals surface area (Å²) >= 11 is 1.42. The Morgan fingerprint density at radius 1 is 1.04 bits per heavy atom. The molecule has 1 N–H and O–H groups in total. The number of rotatable bonds is 7. The van der Waals surface area contributed by atoms with Gasteiger partial charge in [0.05, 0.1) is 0 Å². The summed E-state index contributed by atoms with van der Waals surface area (Å²) in [5.74, 6) is 0.206. The van der Waals surface area contributed by atoms with Crippen LogP contribution in [-0.2, 0) is 9.59 Å². The lowest BCUT2D eigenvalue weighted by atomic mass is 10.1. The van der Waals surface area contributed by atoms with E-state index in [0.29, 0.717) is 18.1 Å². The summed E-state index contributed by atoms with van der Waals surface area (Å²) in [5, 5.41) is 13.0. The zero-order valence-electron chi connectivity index (χ0n) is 16.4. The summed E-state index contributed by atoms with van der Waals surface area (Å²) in [5.41, 5.74) is 0. The van der Waals surface area contributed by atoms with Gasteiger partial charge in [-0.2, -0.15) is 0 Å². The lowest BCUT2D eigenvalue weighted by molar-refractivity contribution is -0.122. The summed E-state index contributed by atoms with van der Waals surface area (Å²) < 4.78 is 0. The predicted molar refractivity (Wildman–Crippen MR) is 110 cm³/mol. The highest BCUT2D eigenvalue weighted by molar-refractivity contribution is 7.19. The molecule has 3 aliphatic heterocycles. The first kappa shape index (κ1) is 19.6. The van der Waals surface area contributed by atoms with Crippen LogP contribution >= 0.6 is 11.3 Å². The summed E-state index contributed by atoms with van der Waals surface area (Å²) in [7, 11) is 0. The summed E-state index contributed by atoms with van der Waals surface area (Å²) in [6.07, 6.45) is 8.23. The third-order valence-electron chi connectivity index (χ3n) is 5.91. The van der Waals surface area contributed by atoms with Gasteiger partial charge >= 0.3 is 0 Å². The minimum atomic E-state index is -0.176. The van der Waals surface area contributed by atoms with Gasteiger partial charge in [-0.25, -0.2) is 0 Å². The molecule has 0 bridgehead atoms. The predicted octanol–water partition coefficient (Wildman–Crippen LogP) is 1.63. The molecule has 1 aromatic rings. The van der Waals surface area contributed by atoms with Crippen molar-refractivity contribution in [1.82, 2.24) is 20.4 Å². The van der Waals surface area contributed by atoms with Crippen molar-refractivity contribution in [3.63, 3.8) is 0 Å². The van der Waals surface area contributed by atoms with E-state index in [2.05, 4.69) is 25.3 Å². The van der Waals surface area contributed by atoms with Gasteiger partial charge in [0.2, 0.25) is 22.1 Å². The molecular weight excluding hydrogens is 376 g/mol. The SMILES string of the molecule is O=C(NCCCN1CCCCC1)C1CCCN1c1nnc(N2CCCC2=O)s1. The van der Waals surface area contributed by atoms with Crippen LogP contribution in [0.1, 0.15) is 51.4 Å². The molecule has 1 unspecified atom stereocenters. The van der Waals surface area contributed by atoms with Gasteiger partial charge in [-0.3, -0.25) is 14.5 Å². The maximum atomic E-state index is 12.7. The second-order valence-corrected chi connectivity index (χ2v) is 8.85. The average Bonchev–Trinajstić information content (AvgIpc) is 3.45. The molecule has 0 radical (unpaired) electrons. The molecule has 3 saturated heterocycles. The number of carbonyl (C=O) groups is 2. The van der Waals surface area contributed by atoms with Gasteiger partial charge in [0, 0.05) is 26.1 Å². The number of nitrogens with one attached hydrogen (secondary N) is 1. The number of anilines is 2. The Hall–Kier alpha value is -1.74. The molecule has 0 saturated carbocycles. The van der Waals surface area contributed by atoms with Crippen LogP contribution in [0, 0.1) is 0 Å². The van der Waals surface area contributed by atoms with Crippen LogP contribution in [0.4, 0.5) is 10.3 Å². The number of hydrogen-bond donors (Lipinski definition) is 1. The monoisotopic (exact) mass is 406 g/mol. The number of aromatic nitrogens is 2. The molecule has 4 rings (SSSR count). The number of amides is 2. The van der Waals surface area contributed by atoms with Crippen LogP contribution in [-0.4, -0.2) is 72.2 Å². The molecule has 28 heavy (non-hydrogen) atoms. The van der Waals surface area contributed by atoms with Gasteiger partial charge in [0.25, 0.3) is 0 Å². The van der Waals surface area contributed by atoms with E-state index in [1.54, 1.807) is 4.90 Å². The van der Waals surface area contributed by atoms with Gasteiger partial charge in [-0.15, -0.1) is 10.2 Å². The molecule has 154 valence electrons. The Bertz CT molecular complexity index is 690. The number of carbonyl (C=O) groups excluding carboxylic acids is 2. The van der Waals surface area contributed by atoms with Crippen LogP contribution in [0.3, 0.4) is 0 Å². The van der Waals surface area contributed by atoms with Crippen molar-refractivity contribution in [3.05, 3.63) is 0 Å². The van der Waals surface area contributed by atoms with Gasteiger partial charge < -0.3 is 15.1 Å². The third kappa shape index (κ3) is 4.46. The maximum Gasteiger partial charge on any atom is 0.242 e. The smallest absolute Gasteiger partial charge is 0.242 e. The summed E-state index contributed by atoms with van der Waals surface area (Å²) in [6, 6.07) is -0.176.